The average molecular weight is 458 g/mol. The summed E-state index contributed by atoms with van der Waals surface area (Å²) in [5.74, 6) is 1.16. The van der Waals surface area contributed by atoms with Crippen molar-refractivity contribution in [3.05, 3.63) is 70.3 Å². The zero-order valence-electron chi connectivity index (χ0n) is 19.5. The van der Waals surface area contributed by atoms with E-state index in [0.717, 1.165) is 30.4 Å². The predicted molar refractivity (Wildman–Crippen MR) is 131 cm³/mol. The molecule has 3 aromatic heterocycles. The fraction of sp³-hybridized carbons (Fsp3) is 0.308. The lowest BCUT2D eigenvalue weighted by molar-refractivity contribution is 0.102. The van der Waals surface area contributed by atoms with Gasteiger partial charge in [-0.05, 0) is 49.9 Å². The van der Waals surface area contributed by atoms with E-state index in [-0.39, 0.29) is 11.5 Å². The van der Waals surface area contributed by atoms with Gasteiger partial charge >= 0.3 is 0 Å². The normalized spacial score (nSPS) is 16.6. The maximum absolute atomic E-state index is 13.3. The molecule has 0 unspecified atom stereocenters. The maximum Gasteiger partial charge on any atom is 0.258 e. The second-order valence-corrected chi connectivity index (χ2v) is 8.97. The Hall–Kier alpha value is -3.94. The van der Waals surface area contributed by atoms with Gasteiger partial charge in [-0.1, -0.05) is 19.1 Å². The Morgan fingerprint density at radius 2 is 1.94 bits per heavy atom. The van der Waals surface area contributed by atoms with E-state index in [9.17, 15) is 9.59 Å². The van der Waals surface area contributed by atoms with Crippen molar-refractivity contribution in [2.45, 2.75) is 33.2 Å². The largest absolute Gasteiger partial charge is 0.491 e. The van der Waals surface area contributed by atoms with Crippen LogP contribution in [-0.4, -0.2) is 31.6 Å². The summed E-state index contributed by atoms with van der Waals surface area (Å²) >= 11 is 0. The van der Waals surface area contributed by atoms with E-state index in [4.69, 9.17) is 9.72 Å². The van der Waals surface area contributed by atoms with Crippen molar-refractivity contribution in [1.82, 2.24) is 19.1 Å². The number of nitrogens with zero attached hydrogens (tertiary/aromatic N) is 4. The van der Waals surface area contributed by atoms with E-state index in [1.165, 1.54) is 10.6 Å². The zero-order chi connectivity index (χ0) is 23.8. The highest BCUT2D eigenvalue weighted by Crippen LogP contribution is 2.29. The van der Waals surface area contributed by atoms with E-state index in [1.807, 2.05) is 31.2 Å². The fourth-order valence-corrected chi connectivity index (χ4v) is 4.40. The van der Waals surface area contributed by atoms with Crippen molar-refractivity contribution in [2.24, 2.45) is 13.0 Å². The number of pyridine rings is 2. The van der Waals surface area contributed by atoms with Gasteiger partial charge in [-0.15, -0.1) is 0 Å². The van der Waals surface area contributed by atoms with Crippen molar-refractivity contribution >= 4 is 22.9 Å². The van der Waals surface area contributed by atoms with Crippen molar-refractivity contribution in [2.75, 3.05) is 11.9 Å². The standard InChI is InChI=1S/C26H27N5O3/c1-16-7-6-10-34-23-15-30(3)24(32)13-19(23)21-12-18(11-17(2)27-21)25(33)29-26-28-20-8-4-5-9-22(20)31(26)14-16/h4-5,8-9,11-13,15-16H,6-7,10,14H2,1-3H3,(H,28,29,33)/t16-/m1/s1. The molecule has 1 aliphatic heterocycles. The number of hydrogen-bond donors (Lipinski definition) is 1. The zero-order valence-corrected chi connectivity index (χ0v) is 19.5. The van der Waals surface area contributed by atoms with Crippen LogP contribution in [0, 0.1) is 12.8 Å². The summed E-state index contributed by atoms with van der Waals surface area (Å²) in [7, 11) is 1.69. The van der Waals surface area contributed by atoms with Crippen LogP contribution in [0.2, 0.25) is 0 Å². The number of carbonyl (C=O) groups is 1. The Labute approximate surface area is 197 Å². The number of amides is 1. The number of benzene rings is 1. The van der Waals surface area contributed by atoms with Crippen LogP contribution in [0.15, 0.2) is 53.5 Å². The van der Waals surface area contributed by atoms with Crippen molar-refractivity contribution in [3.63, 3.8) is 0 Å². The number of hydrogen-bond acceptors (Lipinski definition) is 5. The molecule has 2 bridgehead atoms. The van der Waals surface area contributed by atoms with Crippen LogP contribution in [0.1, 0.15) is 35.8 Å². The first-order valence-corrected chi connectivity index (χ1v) is 11.5. The van der Waals surface area contributed by atoms with Crippen LogP contribution < -0.4 is 15.6 Å². The van der Waals surface area contributed by atoms with Crippen LogP contribution in [0.5, 0.6) is 5.75 Å². The minimum absolute atomic E-state index is 0.170. The van der Waals surface area contributed by atoms with Gasteiger partial charge in [-0.25, -0.2) is 4.98 Å². The fourth-order valence-electron chi connectivity index (χ4n) is 4.40. The topological polar surface area (TPSA) is 91.0 Å². The van der Waals surface area contributed by atoms with Gasteiger partial charge < -0.3 is 13.9 Å². The van der Waals surface area contributed by atoms with Crippen LogP contribution in [0.25, 0.3) is 22.3 Å². The monoisotopic (exact) mass is 457 g/mol. The Bertz CT molecular complexity index is 1450. The second-order valence-electron chi connectivity index (χ2n) is 8.97. The molecule has 34 heavy (non-hydrogen) atoms. The summed E-state index contributed by atoms with van der Waals surface area (Å²) in [5, 5.41) is 3.01. The number of aromatic nitrogens is 4. The average Bonchev–Trinajstić information content (AvgIpc) is 3.14. The third-order valence-corrected chi connectivity index (χ3v) is 6.16. The molecule has 0 aliphatic carbocycles. The van der Waals surface area contributed by atoms with E-state index in [0.29, 0.717) is 46.7 Å². The smallest absolute Gasteiger partial charge is 0.258 e. The third kappa shape index (κ3) is 4.19. The molecular weight excluding hydrogens is 430 g/mol. The highest BCUT2D eigenvalue weighted by molar-refractivity contribution is 6.04. The van der Waals surface area contributed by atoms with Gasteiger partial charge in [0.1, 0.15) is 5.75 Å². The second kappa shape index (κ2) is 8.78. The molecule has 5 rings (SSSR count). The van der Waals surface area contributed by atoms with Crippen molar-refractivity contribution in [3.8, 4) is 17.0 Å². The molecule has 1 aliphatic rings. The highest BCUT2D eigenvalue weighted by Gasteiger charge is 2.19. The summed E-state index contributed by atoms with van der Waals surface area (Å²) in [6.07, 6.45) is 3.47. The molecule has 1 aromatic carbocycles. The molecule has 8 heteroatoms. The minimum atomic E-state index is -0.280. The van der Waals surface area contributed by atoms with E-state index in [2.05, 4.69) is 21.8 Å². The number of anilines is 1. The number of nitrogens with one attached hydrogen (secondary N) is 1. The molecule has 0 saturated carbocycles. The highest BCUT2D eigenvalue weighted by atomic mass is 16.5. The number of rotatable bonds is 0. The number of carbonyl (C=O) groups excluding carboxylic acids is 1. The molecule has 174 valence electrons. The van der Waals surface area contributed by atoms with Gasteiger partial charge in [0.05, 0.1) is 23.3 Å². The Morgan fingerprint density at radius 3 is 2.79 bits per heavy atom. The summed E-state index contributed by atoms with van der Waals surface area (Å²) in [6, 6.07) is 12.8. The lowest BCUT2D eigenvalue weighted by Gasteiger charge is -2.16. The molecule has 4 aromatic rings. The molecule has 1 atom stereocenters. The SMILES string of the molecule is Cc1cc2cc(n1)-c1cc(=O)n(C)cc1OCCC[C@@H](C)Cn1c(nc3ccccc31)NC2=O. The van der Waals surface area contributed by atoms with Crippen LogP contribution in [0.3, 0.4) is 0 Å². The summed E-state index contributed by atoms with van der Waals surface area (Å²) in [6.45, 7) is 5.25. The van der Waals surface area contributed by atoms with E-state index >= 15 is 0 Å². The first kappa shape index (κ1) is 21.9. The molecular formula is C26H27N5O3. The van der Waals surface area contributed by atoms with Gasteiger partial charge in [0, 0.05) is 42.7 Å². The molecule has 0 fully saturated rings. The lowest BCUT2D eigenvalue weighted by Crippen LogP contribution is -2.18. The minimum Gasteiger partial charge on any atom is -0.491 e. The van der Waals surface area contributed by atoms with E-state index < -0.39 is 0 Å². The first-order chi connectivity index (χ1) is 16.4. The van der Waals surface area contributed by atoms with Gasteiger partial charge in [0.2, 0.25) is 5.95 Å². The Balaban J connectivity index is 1.64. The molecule has 0 radical (unpaired) electrons. The Kier molecular flexibility index (Phi) is 5.65. The van der Waals surface area contributed by atoms with E-state index in [1.54, 1.807) is 25.4 Å². The molecule has 0 spiro atoms. The van der Waals surface area contributed by atoms with Crippen LogP contribution >= 0.6 is 0 Å². The number of fused-ring (bicyclic) bond motifs is 7. The van der Waals surface area contributed by atoms with Crippen LogP contribution in [0.4, 0.5) is 5.95 Å². The summed E-state index contributed by atoms with van der Waals surface area (Å²) in [4.78, 5) is 35.0. The number of aryl methyl sites for hydroxylation is 2. The molecule has 1 N–H and O–H groups in total. The quantitative estimate of drug-likeness (QED) is 0.428. The first-order valence-electron chi connectivity index (χ1n) is 11.5. The molecule has 8 nitrogen and oxygen atoms in total. The van der Waals surface area contributed by atoms with Gasteiger partial charge in [0.25, 0.3) is 11.5 Å². The third-order valence-electron chi connectivity index (χ3n) is 6.16. The molecule has 4 heterocycles. The lowest BCUT2D eigenvalue weighted by atomic mass is 10.1. The van der Waals surface area contributed by atoms with Crippen LogP contribution in [-0.2, 0) is 13.6 Å². The van der Waals surface area contributed by atoms with Crippen molar-refractivity contribution in [1.29, 1.82) is 0 Å². The predicted octanol–water partition coefficient (Wildman–Crippen LogP) is 4.17. The summed E-state index contributed by atoms with van der Waals surface area (Å²) < 4.78 is 9.68. The number of ether oxygens (including phenoxy) is 1. The number of imidazole rings is 1. The Morgan fingerprint density at radius 1 is 1.12 bits per heavy atom. The molecule has 0 saturated heterocycles. The van der Waals surface area contributed by atoms with Crippen molar-refractivity contribution < 1.29 is 9.53 Å². The summed E-state index contributed by atoms with van der Waals surface area (Å²) in [5.41, 5.74) is 3.87. The molecule has 1 amide bonds. The van der Waals surface area contributed by atoms with Gasteiger partial charge in [-0.3, -0.25) is 19.9 Å². The van der Waals surface area contributed by atoms with Gasteiger partial charge in [0.15, 0.2) is 0 Å². The maximum atomic E-state index is 13.3. The van der Waals surface area contributed by atoms with Gasteiger partial charge in [-0.2, -0.15) is 0 Å². The number of para-hydroxylation sites is 2.